The van der Waals surface area contributed by atoms with Crippen molar-refractivity contribution in [2.24, 2.45) is 7.05 Å². The van der Waals surface area contributed by atoms with Crippen LogP contribution in [-0.2, 0) is 13.6 Å². The van der Waals surface area contributed by atoms with Gasteiger partial charge in [0.15, 0.2) is 10.3 Å². The Morgan fingerprint density at radius 1 is 1.28 bits per heavy atom. The van der Waals surface area contributed by atoms with Gasteiger partial charge in [-0.05, 0) is 25.2 Å². The Hall–Kier alpha value is -1.47. The van der Waals surface area contributed by atoms with Crippen molar-refractivity contribution in [1.29, 1.82) is 0 Å². The fraction of sp³-hybridized carbons (Fsp3) is 0.455. The van der Waals surface area contributed by atoms with E-state index < -0.39 is 0 Å². The highest BCUT2D eigenvalue weighted by Gasteiger charge is 2.08. The fourth-order valence-electron chi connectivity index (χ4n) is 1.31. The maximum Gasteiger partial charge on any atom is 0.198 e. The number of aryl methyl sites for hydroxylation is 1. The summed E-state index contributed by atoms with van der Waals surface area (Å²) in [7, 11) is 1.93. The largest absolute Gasteiger partial charge is 0.313 e. The van der Waals surface area contributed by atoms with Crippen LogP contribution < -0.4 is 5.32 Å². The van der Waals surface area contributed by atoms with Crippen molar-refractivity contribution in [2.45, 2.75) is 30.7 Å². The number of nitrogens with zero attached hydrogens (tertiary/aromatic N) is 5. The van der Waals surface area contributed by atoms with Crippen LogP contribution in [0, 0.1) is 6.92 Å². The van der Waals surface area contributed by atoms with Crippen LogP contribution in [0.4, 0.5) is 0 Å². The molecule has 7 heteroatoms. The molecule has 2 aromatic rings. The first kappa shape index (κ1) is 13.0. The highest BCUT2D eigenvalue weighted by molar-refractivity contribution is 7.99. The summed E-state index contributed by atoms with van der Waals surface area (Å²) >= 11 is 1.41. The van der Waals surface area contributed by atoms with Gasteiger partial charge in [-0.25, -0.2) is 9.97 Å². The zero-order valence-electron chi connectivity index (χ0n) is 10.7. The van der Waals surface area contributed by atoms with Gasteiger partial charge in [0.25, 0.3) is 0 Å². The van der Waals surface area contributed by atoms with E-state index in [1.807, 2.05) is 30.9 Å². The molecular weight excluding hydrogens is 248 g/mol. The zero-order valence-corrected chi connectivity index (χ0v) is 11.5. The Bertz CT molecular complexity index is 507. The van der Waals surface area contributed by atoms with Gasteiger partial charge in [-0.1, -0.05) is 6.92 Å². The molecule has 0 aliphatic rings. The molecule has 2 heterocycles. The number of rotatable bonds is 5. The molecule has 0 aliphatic carbocycles. The molecule has 0 radical (unpaired) electrons. The molecule has 0 unspecified atom stereocenters. The predicted octanol–water partition coefficient (Wildman–Crippen LogP) is 1.17. The third kappa shape index (κ3) is 3.05. The van der Waals surface area contributed by atoms with Crippen LogP contribution in [0.5, 0.6) is 0 Å². The van der Waals surface area contributed by atoms with E-state index in [1.165, 1.54) is 11.8 Å². The summed E-state index contributed by atoms with van der Waals surface area (Å²) in [6, 6.07) is 0. The first-order valence-corrected chi connectivity index (χ1v) is 6.58. The molecule has 1 N–H and O–H groups in total. The summed E-state index contributed by atoms with van der Waals surface area (Å²) in [6.45, 7) is 5.72. The molecular formula is C11H16N6S. The quantitative estimate of drug-likeness (QED) is 0.818. The highest BCUT2D eigenvalue weighted by Crippen LogP contribution is 2.21. The maximum absolute atomic E-state index is 4.31. The van der Waals surface area contributed by atoms with Gasteiger partial charge >= 0.3 is 0 Å². The summed E-state index contributed by atoms with van der Waals surface area (Å²) in [6.07, 6.45) is 3.67. The lowest BCUT2D eigenvalue weighted by molar-refractivity contribution is 0.715. The Labute approximate surface area is 110 Å². The summed E-state index contributed by atoms with van der Waals surface area (Å²) in [4.78, 5) is 8.62. The smallest absolute Gasteiger partial charge is 0.198 e. The van der Waals surface area contributed by atoms with E-state index in [9.17, 15) is 0 Å². The topological polar surface area (TPSA) is 68.5 Å². The van der Waals surface area contributed by atoms with E-state index >= 15 is 0 Å². The van der Waals surface area contributed by atoms with Gasteiger partial charge in [-0.2, -0.15) is 0 Å². The molecule has 0 atom stereocenters. The van der Waals surface area contributed by atoms with Crippen molar-refractivity contribution in [1.82, 2.24) is 30.0 Å². The van der Waals surface area contributed by atoms with E-state index in [2.05, 4.69) is 32.4 Å². The Kier molecular flexibility index (Phi) is 4.27. The molecule has 0 saturated heterocycles. The SMILES string of the molecule is CCNCc1cnc(Sc2nnc(C)n2C)nc1. The van der Waals surface area contributed by atoms with Crippen LogP contribution in [0.2, 0.25) is 0 Å². The molecule has 0 aliphatic heterocycles. The van der Waals surface area contributed by atoms with E-state index in [0.29, 0.717) is 5.16 Å². The van der Waals surface area contributed by atoms with Gasteiger partial charge < -0.3 is 9.88 Å². The van der Waals surface area contributed by atoms with E-state index in [4.69, 9.17) is 0 Å². The van der Waals surface area contributed by atoms with Crippen LogP contribution in [0.3, 0.4) is 0 Å². The van der Waals surface area contributed by atoms with Gasteiger partial charge in [-0.3, -0.25) is 0 Å². The first-order chi connectivity index (χ1) is 8.70. The molecule has 0 amide bonds. The molecule has 0 bridgehead atoms. The number of nitrogens with one attached hydrogen (secondary N) is 1. The third-order valence-corrected chi connectivity index (χ3v) is 3.43. The van der Waals surface area contributed by atoms with Gasteiger partial charge in [0.1, 0.15) is 5.82 Å². The van der Waals surface area contributed by atoms with Gasteiger partial charge in [-0.15, -0.1) is 10.2 Å². The Morgan fingerprint density at radius 2 is 2.00 bits per heavy atom. The summed E-state index contributed by atoms with van der Waals surface area (Å²) < 4.78 is 1.92. The van der Waals surface area contributed by atoms with Crippen LogP contribution in [0.25, 0.3) is 0 Å². The zero-order chi connectivity index (χ0) is 13.0. The lowest BCUT2D eigenvalue weighted by Gasteiger charge is -2.03. The van der Waals surface area contributed by atoms with Crippen LogP contribution in [0.15, 0.2) is 22.7 Å². The molecule has 0 aromatic carbocycles. The van der Waals surface area contributed by atoms with Crippen molar-refractivity contribution in [3.63, 3.8) is 0 Å². The predicted molar refractivity (Wildman–Crippen MR) is 69.3 cm³/mol. The fourth-order valence-corrected chi connectivity index (χ4v) is 2.04. The van der Waals surface area contributed by atoms with E-state index in [1.54, 1.807) is 0 Å². The second kappa shape index (κ2) is 5.92. The molecule has 0 saturated carbocycles. The second-order valence-electron chi connectivity index (χ2n) is 3.85. The number of aromatic nitrogens is 5. The van der Waals surface area contributed by atoms with Crippen LogP contribution in [-0.4, -0.2) is 31.3 Å². The van der Waals surface area contributed by atoms with Gasteiger partial charge in [0.05, 0.1) is 0 Å². The van der Waals surface area contributed by atoms with Crippen LogP contribution >= 0.6 is 11.8 Å². The summed E-state index contributed by atoms with van der Waals surface area (Å²) in [5.74, 6) is 0.876. The normalized spacial score (nSPS) is 10.8. The number of hydrogen-bond donors (Lipinski definition) is 1. The Balaban J connectivity index is 2.04. The molecule has 18 heavy (non-hydrogen) atoms. The van der Waals surface area contributed by atoms with Crippen molar-refractivity contribution in [2.75, 3.05) is 6.54 Å². The van der Waals surface area contributed by atoms with Gasteiger partial charge in [0, 0.05) is 31.5 Å². The minimum atomic E-state index is 0.686. The van der Waals surface area contributed by atoms with Crippen molar-refractivity contribution < 1.29 is 0 Å². The van der Waals surface area contributed by atoms with E-state index in [-0.39, 0.29) is 0 Å². The van der Waals surface area contributed by atoms with Crippen molar-refractivity contribution >= 4 is 11.8 Å². The lowest BCUT2D eigenvalue weighted by atomic mass is 10.3. The molecule has 96 valence electrons. The Morgan fingerprint density at radius 3 is 2.56 bits per heavy atom. The summed E-state index contributed by atoms with van der Waals surface area (Å²) in [5.41, 5.74) is 1.08. The second-order valence-corrected chi connectivity index (χ2v) is 4.78. The summed E-state index contributed by atoms with van der Waals surface area (Å²) in [5, 5.41) is 12.8. The average Bonchev–Trinajstić information content (AvgIpc) is 2.70. The third-order valence-electron chi connectivity index (χ3n) is 2.50. The maximum atomic E-state index is 4.31. The molecule has 0 fully saturated rings. The minimum Gasteiger partial charge on any atom is -0.313 e. The monoisotopic (exact) mass is 264 g/mol. The highest BCUT2D eigenvalue weighted by atomic mass is 32.2. The molecule has 2 rings (SSSR count). The average molecular weight is 264 g/mol. The first-order valence-electron chi connectivity index (χ1n) is 5.76. The lowest BCUT2D eigenvalue weighted by Crippen LogP contribution is -2.12. The van der Waals surface area contributed by atoms with Crippen LogP contribution in [0.1, 0.15) is 18.3 Å². The molecule has 0 spiro atoms. The minimum absolute atomic E-state index is 0.686. The van der Waals surface area contributed by atoms with Gasteiger partial charge in [0.2, 0.25) is 0 Å². The van der Waals surface area contributed by atoms with E-state index in [0.717, 1.165) is 29.6 Å². The number of hydrogen-bond acceptors (Lipinski definition) is 6. The molecule has 6 nitrogen and oxygen atoms in total. The molecule has 2 aromatic heterocycles. The standard InChI is InChI=1S/C11H16N6S/c1-4-12-5-9-6-13-10(14-7-9)18-11-16-15-8(2)17(11)3/h6-7,12H,4-5H2,1-3H3. The van der Waals surface area contributed by atoms with Crippen molar-refractivity contribution in [3.05, 3.63) is 23.8 Å². The van der Waals surface area contributed by atoms with Crippen molar-refractivity contribution in [3.8, 4) is 0 Å².